The number of para-hydroxylation sites is 1. The van der Waals surface area contributed by atoms with Crippen LogP contribution in [0, 0.1) is 6.92 Å². The van der Waals surface area contributed by atoms with Crippen molar-refractivity contribution in [2.75, 3.05) is 4.90 Å². The van der Waals surface area contributed by atoms with Crippen molar-refractivity contribution in [1.82, 2.24) is 5.32 Å². The zero-order chi connectivity index (χ0) is 23.5. The molecule has 4 amide bonds. The van der Waals surface area contributed by atoms with Crippen molar-refractivity contribution in [2.24, 2.45) is 0 Å². The van der Waals surface area contributed by atoms with Crippen LogP contribution in [0.1, 0.15) is 16.7 Å². The Morgan fingerprint density at radius 2 is 1.58 bits per heavy atom. The van der Waals surface area contributed by atoms with E-state index in [4.69, 9.17) is 27.9 Å². The summed E-state index contributed by atoms with van der Waals surface area (Å²) >= 11 is 12.8. The van der Waals surface area contributed by atoms with E-state index < -0.39 is 17.8 Å². The highest BCUT2D eigenvalue weighted by Gasteiger charge is 2.36. The van der Waals surface area contributed by atoms with Gasteiger partial charge in [0.2, 0.25) is 0 Å². The summed E-state index contributed by atoms with van der Waals surface area (Å²) in [6, 6.07) is 18.4. The first-order valence-electron chi connectivity index (χ1n) is 9.97. The zero-order valence-corrected chi connectivity index (χ0v) is 19.0. The number of amides is 4. The van der Waals surface area contributed by atoms with Crippen LogP contribution in [0.2, 0.25) is 10.0 Å². The molecule has 4 rings (SSSR count). The number of hydrogen-bond donors (Lipinski definition) is 1. The number of anilines is 1. The molecule has 1 saturated heterocycles. The highest BCUT2D eigenvalue weighted by atomic mass is 35.5. The van der Waals surface area contributed by atoms with E-state index in [1.807, 2.05) is 31.2 Å². The molecule has 1 heterocycles. The molecule has 6 nitrogen and oxygen atoms in total. The van der Waals surface area contributed by atoms with E-state index in [1.54, 1.807) is 30.3 Å². The number of ether oxygens (including phenoxy) is 1. The summed E-state index contributed by atoms with van der Waals surface area (Å²) in [6.07, 6.45) is 1.33. The second-order valence-corrected chi connectivity index (χ2v) is 8.20. The van der Waals surface area contributed by atoms with Crippen molar-refractivity contribution in [3.63, 3.8) is 0 Å². The maximum Gasteiger partial charge on any atom is 0.335 e. The van der Waals surface area contributed by atoms with Crippen LogP contribution in [0.25, 0.3) is 6.08 Å². The van der Waals surface area contributed by atoms with Crippen LogP contribution in [0.3, 0.4) is 0 Å². The summed E-state index contributed by atoms with van der Waals surface area (Å²) in [5.74, 6) is -1.26. The number of halogens is 2. The first-order valence-corrected chi connectivity index (χ1v) is 10.7. The van der Waals surface area contributed by atoms with Crippen molar-refractivity contribution >= 4 is 52.8 Å². The van der Waals surface area contributed by atoms with Gasteiger partial charge in [0, 0.05) is 0 Å². The second kappa shape index (κ2) is 9.48. The average Bonchev–Trinajstić information content (AvgIpc) is 2.78. The highest BCUT2D eigenvalue weighted by Crippen LogP contribution is 2.36. The number of hydrogen-bond acceptors (Lipinski definition) is 4. The van der Waals surface area contributed by atoms with E-state index in [9.17, 15) is 14.4 Å². The molecule has 166 valence electrons. The smallest absolute Gasteiger partial charge is 0.335 e. The Kier molecular flexibility index (Phi) is 6.49. The molecule has 3 aromatic carbocycles. The molecule has 1 fully saturated rings. The fraction of sp³-hybridized carbons (Fsp3) is 0.0800. The van der Waals surface area contributed by atoms with Crippen molar-refractivity contribution in [3.05, 3.63) is 99.0 Å². The summed E-state index contributed by atoms with van der Waals surface area (Å²) in [5.41, 5.74) is 2.62. The minimum absolute atomic E-state index is 0.223. The molecule has 0 aliphatic carbocycles. The maximum atomic E-state index is 13.0. The number of nitrogens with one attached hydrogen (secondary N) is 1. The van der Waals surface area contributed by atoms with Crippen LogP contribution in [-0.4, -0.2) is 17.8 Å². The molecule has 0 bridgehead atoms. The average molecular weight is 481 g/mol. The van der Waals surface area contributed by atoms with Crippen LogP contribution in [-0.2, 0) is 16.2 Å². The number of carbonyl (C=O) groups is 3. The lowest BCUT2D eigenvalue weighted by Crippen LogP contribution is -2.54. The first kappa shape index (κ1) is 22.6. The molecule has 0 spiro atoms. The minimum Gasteiger partial charge on any atom is -0.486 e. The third kappa shape index (κ3) is 4.92. The van der Waals surface area contributed by atoms with Crippen molar-refractivity contribution in [2.45, 2.75) is 13.5 Å². The molecular formula is C25H18Cl2N2O4. The molecule has 3 aromatic rings. The zero-order valence-electron chi connectivity index (χ0n) is 17.5. The summed E-state index contributed by atoms with van der Waals surface area (Å²) < 4.78 is 5.79. The third-order valence-electron chi connectivity index (χ3n) is 4.95. The van der Waals surface area contributed by atoms with E-state index in [-0.39, 0.29) is 22.2 Å². The van der Waals surface area contributed by atoms with Gasteiger partial charge in [-0.25, -0.2) is 9.69 Å². The van der Waals surface area contributed by atoms with Crippen LogP contribution >= 0.6 is 23.2 Å². The number of benzene rings is 3. The van der Waals surface area contributed by atoms with Crippen LogP contribution in [0.4, 0.5) is 10.5 Å². The highest BCUT2D eigenvalue weighted by molar-refractivity contribution is 6.40. The molecule has 1 N–H and O–H groups in total. The fourth-order valence-corrected chi connectivity index (χ4v) is 3.89. The van der Waals surface area contributed by atoms with E-state index in [1.165, 1.54) is 18.2 Å². The summed E-state index contributed by atoms with van der Waals surface area (Å²) in [5, 5.41) is 2.63. The minimum atomic E-state index is -0.815. The molecule has 0 aromatic heterocycles. The summed E-state index contributed by atoms with van der Waals surface area (Å²) in [4.78, 5) is 38.5. The molecule has 8 heteroatoms. The number of rotatable bonds is 5. The Bertz CT molecular complexity index is 1250. The van der Waals surface area contributed by atoms with Gasteiger partial charge in [0.1, 0.15) is 12.2 Å². The lowest BCUT2D eigenvalue weighted by molar-refractivity contribution is -0.122. The van der Waals surface area contributed by atoms with E-state index in [0.29, 0.717) is 17.0 Å². The van der Waals surface area contributed by atoms with Gasteiger partial charge in [-0.3, -0.25) is 14.9 Å². The molecule has 0 radical (unpaired) electrons. The van der Waals surface area contributed by atoms with Gasteiger partial charge in [-0.2, -0.15) is 0 Å². The standard InChI is InChI=1S/C25H18Cl2N2O4/c1-15-7-9-16(10-8-15)14-33-22-20(26)12-17(13-21(22)27)11-19-23(30)28-25(32)29(24(19)31)18-5-3-2-4-6-18/h2-13H,14H2,1H3,(H,28,30,32)/b19-11+. The topological polar surface area (TPSA) is 75.7 Å². The number of carbonyl (C=O) groups excluding carboxylic acids is 3. The van der Waals surface area contributed by atoms with E-state index in [2.05, 4.69) is 5.32 Å². The van der Waals surface area contributed by atoms with Crippen LogP contribution in [0.5, 0.6) is 5.75 Å². The van der Waals surface area contributed by atoms with E-state index >= 15 is 0 Å². The summed E-state index contributed by atoms with van der Waals surface area (Å²) in [7, 11) is 0. The number of urea groups is 1. The molecule has 0 atom stereocenters. The number of aryl methyl sites for hydroxylation is 1. The van der Waals surface area contributed by atoms with Crippen molar-refractivity contribution in [3.8, 4) is 5.75 Å². The monoisotopic (exact) mass is 480 g/mol. The van der Waals surface area contributed by atoms with Gasteiger partial charge in [-0.15, -0.1) is 0 Å². The van der Waals surface area contributed by atoms with E-state index in [0.717, 1.165) is 16.0 Å². The van der Waals surface area contributed by atoms with Crippen molar-refractivity contribution < 1.29 is 19.1 Å². The molecule has 0 saturated carbocycles. The van der Waals surface area contributed by atoms with Gasteiger partial charge in [-0.1, -0.05) is 71.2 Å². The number of imide groups is 2. The Morgan fingerprint density at radius 1 is 0.939 bits per heavy atom. The lowest BCUT2D eigenvalue weighted by Gasteiger charge is -2.26. The Balaban J connectivity index is 1.60. The maximum absolute atomic E-state index is 13.0. The van der Waals surface area contributed by atoms with Gasteiger partial charge in [0.25, 0.3) is 11.8 Å². The Morgan fingerprint density at radius 3 is 2.21 bits per heavy atom. The molecule has 1 aliphatic heterocycles. The second-order valence-electron chi connectivity index (χ2n) is 7.38. The van der Waals surface area contributed by atoms with Gasteiger partial charge in [-0.05, 0) is 48.4 Å². The molecule has 1 aliphatic rings. The van der Waals surface area contributed by atoms with Gasteiger partial charge >= 0.3 is 6.03 Å². The molecule has 33 heavy (non-hydrogen) atoms. The number of nitrogens with zero attached hydrogens (tertiary/aromatic N) is 1. The predicted octanol–water partition coefficient (Wildman–Crippen LogP) is 5.55. The van der Waals surface area contributed by atoms with Crippen LogP contribution < -0.4 is 15.0 Å². The van der Waals surface area contributed by atoms with Crippen molar-refractivity contribution in [1.29, 1.82) is 0 Å². The Hall–Kier alpha value is -3.61. The predicted molar refractivity (Wildman–Crippen MR) is 127 cm³/mol. The number of barbiturate groups is 1. The quantitative estimate of drug-likeness (QED) is 0.383. The van der Waals surface area contributed by atoms with Crippen LogP contribution in [0.15, 0.2) is 72.3 Å². The first-order chi connectivity index (χ1) is 15.8. The van der Waals surface area contributed by atoms with Gasteiger partial charge in [0.05, 0.1) is 15.7 Å². The van der Waals surface area contributed by atoms with Gasteiger partial charge < -0.3 is 4.74 Å². The lowest BCUT2D eigenvalue weighted by atomic mass is 10.1. The molecular weight excluding hydrogens is 463 g/mol. The summed E-state index contributed by atoms with van der Waals surface area (Å²) in [6.45, 7) is 2.27. The fourth-order valence-electron chi connectivity index (χ4n) is 3.28. The van der Waals surface area contributed by atoms with Gasteiger partial charge in [0.15, 0.2) is 5.75 Å². The SMILES string of the molecule is Cc1ccc(COc2c(Cl)cc(/C=C3\C(=O)NC(=O)N(c4ccccc4)C3=O)cc2Cl)cc1. The normalized spacial score (nSPS) is 15.1. The third-order valence-corrected chi connectivity index (χ3v) is 5.51. The molecule has 0 unspecified atom stereocenters. The largest absolute Gasteiger partial charge is 0.486 e. The Labute approximate surface area is 200 Å².